The van der Waals surface area contributed by atoms with Crippen LogP contribution in [0.15, 0.2) is 72.4 Å². The molecule has 12 nitrogen and oxygen atoms in total. The molecule has 0 aromatic carbocycles. The Morgan fingerprint density at radius 1 is 0.658 bits per heavy atom. The fourth-order valence-corrected chi connectivity index (χ4v) is 12.7. The summed E-state index contributed by atoms with van der Waals surface area (Å²) in [7, 11) is 0. The molecule has 9 atom stereocenters. The van der Waals surface area contributed by atoms with Gasteiger partial charge in [0.05, 0.1) is 18.9 Å². The Hall–Kier alpha value is -4.49. The minimum Gasteiger partial charge on any atom is -0.462 e. The molecule has 0 bridgehead atoms. The number of aliphatic hydroxyl groups is 2. The number of hydrogen-bond donors (Lipinski definition) is 2. The minimum absolute atomic E-state index is 0. The molecule has 2 N–H and O–H groups in total. The first kappa shape index (κ1) is 68.8. The first-order chi connectivity index (χ1) is 37.5. The topological polar surface area (TPSA) is 180 Å². The van der Waals surface area contributed by atoms with E-state index in [1.165, 1.54) is 50.7 Å². The number of ether oxygens (including phenoxy) is 4. The summed E-state index contributed by atoms with van der Waals surface area (Å²) < 4.78 is 39.5. The molecule has 4 aliphatic rings. The van der Waals surface area contributed by atoms with Crippen LogP contribution in [0.3, 0.4) is 0 Å². The van der Waals surface area contributed by atoms with E-state index in [1.807, 2.05) is 0 Å². The maximum atomic E-state index is 17.6. The van der Waals surface area contributed by atoms with Crippen molar-refractivity contribution in [3.8, 4) is 0 Å². The number of aliphatic hydroxyl groups excluding tert-OH is 1. The van der Waals surface area contributed by atoms with Gasteiger partial charge in [0, 0.05) is 29.6 Å². The predicted octanol–water partition coefficient (Wildman–Crippen LogP) is 14.5. The Balaban J connectivity index is 0.0000164. The van der Waals surface area contributed by atoms with Crippen LogP contribution in [0.25, 0.3) is 0 Å². The molecular formula is C66H103FO12. The van der Waals surface area contributed by atoms with Gasteiger partial charge in [0.15, 0.2) is 24.2 Å². The average molecular weight is 1110 g/mol. The third kappa shape index (κ3) is 20.5. The van der Waals surface area contributed by atoms with Crippen molar-refractivity contribution in [1.82, 2.24) is 0 Å². The molecule has 0 saturated heterocycles. The third-order valence-electron chi connectivity index (χ3n) is 17.4. The molecule has 4 aliphatic carbocycles. The number of alkyl halides is 1. The van der Waals surface area contributed by atoms with Gasteiger partial charge in [0.2, 0.25) is 5.78 Å². The SMILES string of the molecule is C.CCCCC/C=C\C/C=C\CCCCCCCC(=O)OC[C@H](COC(=O)CCC(=O)OCC(=O)[C@@]1(O)[C@H](C)C[C@H]2[C@@H]3CCC4=CC(=O)C=C[C@]4(C)[C@@]3(F)[C@@H](O)C[C@@]21C)OC(=O)CCCCCCC/C=C\C/C=C\CCCCC. The number of allylic oxidation sites excluding steroid dienone is 12. The van der Waals surface area contributed by atoms with Gasteiger partial charge in [-0.3, -0.25) is 28.8 Å². The normalized spacial score (nSPS) is 26.6. The third-order valence-corrected chi connectivity index (χ3v) is 17.4. The number of fused-ring (bicyclic) bond motifs is 5. The number of halogens is 1. The molecule has 0 heterocycles. The van der Waals surface area contributed by atoms with E-state index in [4.69, 9.17) is 18.9 Å². The smallest absolute Gasteiger partial charge is 0.306 e. The van der Waals surface area contributed by atoms with E-state index in [9.17, 15) is 39.0 Å². The van der Waals surface area contributed by atoms with E-state index >= 15 is 4.39 Å². The van der Waals surface area contributed by atoms with Gasteiger partial charge in [-0.15, -0.1) is 0 Å². The van der Waals surface area contributed by atoms with Crippen LogP contribution in [-0.4, -0.2) is 89.0 Å². The summed E-state index contributed by atoms with van der Waals surface area (Å²) in [5, 5.41) is 23.9. The van der Waals surface area contributed by atoms with Crippen LogP contribution in [0.5, 0.6) is 0 Å². The molecule has 0 aromatic heterocycles. The van der Waals surface area contributed by atoms with E-state index in [0.717, 1.165) is 89.9 Å². The fraction of sp³-hybridized carbons (Fsp3) is 0.727. The summed E-state index contributed by atoms with van der Waals surface area (Å²) in [6.45, 7) is 8.05. The first-order valence-corrected chi connectivity index (χ1v) is 30.3. The second-order valence-corrected chi connectivity index (χ2v) is 23.2. The number of carbonyl (C=O) groups excluding carboxylic acids is 6. The summed E-state index contributed by atoms with van der Waals surface area (Å²) in [6.07, 6.45) is 43.0. The monoisotopic (exact) mass is 1110 g/mol. The summed E-state index contributed by atoms with van der Waals surface area (Å²) in [5.41, 5.74) is -6.02. The highest BCUT2D eigenvalue weighted by Gasteiger charge is 2.75. The number of Topliss-reactive ketones (excluding diaryl/α,β-unsaturated/α-hetero) is 1. The fourth-order valence-electron chi connectivity index (χ4n) is 12.7. The Morgan fingerprint density at radius 2 is 1.13 bits per heavy atom. The minimum atomic E-state index is -2.13. The molecule has 446 valence electrons. The van der Waals surface area contributed by atoms with Gasteiger partial charge in [-0.1, -0.05) is 160 Å². The van der Waals surface area contributed by atoms with Crippen molar-refractivity contribution in [2.75, 3.05) is 19.8 Å². The van der Waals surface area contributed by atoms with Crippen LogP contribution in [0.2, 0.25) is 0 Å². The molecule has 0 radical (unpaired) electrons. The van der Waals surface area contributed by atoms with Crippen molar-refractivity contribution < 1.29 is 62.3 Å². The Labute approximate surface area is 474 Å². The molecule has 0 spiro atoms. The van der Waals surface area contributed by atoms with Crippen molar-refractivity contribution >= 4 is 35.4 Å². The number of rotatable bonds is 39. The van der Waals surface area contributed by atoms with Crippen molar-refractivity contribution in [1.29, 1.82) is 0 Å². The highest BCUT2D eigenvalue weighted by atomic mass is 19.1. The molecule has 79 heavy (non-hydrogen) atoms. The van der Waals surface area contributed by atoms with Crippen molar-refractivity contribution in [2.24, 2.45) is 28.6 Å². The summed E-state index contributed by atoms with van der Waals surface area (Å²) in [4.78, 5) is 77.8. The maximum absolute atomic E-state index is 17.6. The Kier molecular flexibility index (Phi) is 31.4. The van der Waals surface area contributed by atoms with Gasteiger partial charge < -0.3 is 29.2 Å². The van der Waals surface area contributed by atoms with E-state index in [2.05, 4.69) is 62.5 Å². The van der Waals surface area contributed by atoms with Crippen molar-refractivity contribution in [3.05, 3.63) is 72.4 Å². The standard InChI is InChI=1S/C65H99FO12.CH4/c1-6-8-10-12-14-16-18-20-22-24-26-28-30-32-34-36-58(70)75-47-53(78-61(73)37-35-33-31-29-27-25-23-21-19-17-15-13-11-9-7-2)48-76-59(71)40-41-60(72)77-49-57(69)65(74)50(3)44-55-54-39-38-51-45-52(67)42-43-62(51,4)64(54,66)56(68)46-63(55,65)5;/h14-17,20-23,42-43,45,50,53-56,68,74H,6-13,18-19,24-41,44,46-49H2,1-5H3;1H4/b16-14-,17-15-,22-20-,23-21-;/t50-,53-,54+,55+,56+,62+,63+,64+,65+;/m1./s1. The zero-order valence-electron chi connectivity index (χ0n) is 48.4. The number of carbonyl (C=O) groups is 6. The van der Waals surface area contributed by atoms with Crippen LogP contribution < -0.4 is 0 Å². The van der Waals surface area contributed by atoms with Crippen molar-refractivity contribution in [3.63, 3.8) is 0 Å². The lowest BCUT2D eigenvalue weighted by atomic mass is 9.44. The number of hydrogen-bond acceptors (Lipinski definition) is 12. The summed E-state index contributed by atoms with van der Waals surface area (Å²) >= 11 is 0. The van der Waals surface area contributed by atoms with Crippen LogP contribution in [-0.2, 0) is 47.7 Å². The van der Waals surface area contributed by atoms with Gasteiger partial charge >= 0.3 is 23.9 Å². The Bertz CT molecular complexity index is 2090. The van der Waals surface area contributed by atoms with Gasteiger partial charge in [-0.2, -0.15) is 0 Å². The number of esters is 4. The summed E-state index contributed by atoms with van der Waals surface area (Å²) in [5.74, 6) is -5.47. The van der Waals surface area contributed by atoms with Crippen LogP contribution in [0, 0.1) is 28.6 Å². The lowest BCUT2D eigenvalue weighted by molar-refractivity contribution is -0.220. The molecule has 0 aromatic rings. The molecule has 3 fully saturated rings. The van der Waals surface area contributed by atoms with Crippen LogP contribution >= 0.6 is 0 Å². The van der Waals surface area contributed by atoms with E-state index in [-0.39, 0.29) is 39.1 Å². The zero-order chi connectivity index (χ0) is 56.9. The van der Waals surface area contributed by atoms with Crippen LogP contribution in [0.1, 0.15) is 235 Å². The lowest BCUT2D eigenvalue weighted by Gasteiger charge is -2.62. The Morgan fingerprint density at radius 3 is 1.66 bits per heavy atom. The second kappa shape index (κ2) is 36.1. The first-order valence-electron chi connectivity index (χ1n) is 30.3. The molecule has 0 aliphatic heterocycles. The van der Waals surface area contributed by atoms with Gasteiger partial charge in [-0.05, 0) is 134 Å². The molecule has 3 saturated carbocycles. The van der Waals surface area contributed by atoms with Gasteiger partial charge in [-0.25, -0.2) is 4.39 Å². The molecule has 0 amide bonds. The average Bonchev–Trinajstić information content (AvgIpc) is 3.74. The van der Waals surface area contributed by atoms with E-state index in [0.29, 0.717) is 37.7 Å². The highest BCUT2D eigenvalue weighted by molar-refractivity contribution is 6.01. The largest absolute Gasteiger partial charge is 0.462 e. The molecule has 0 unspecified atom stereocenters. The van der Waals surface area contributed by atoms with Gasteiger partial charge in [0.25, 0.3) is 0 Å². The maximum Gasteiger partial charge on any atom is 0.306 e. The number of unbranched alkanes of at least 4 members (excludes halogenated alkanes) is 16. The van der Waals surface area contributed by atoms with Crippen molar-refractivity contribution in [2.45, 2.75) is 258 Å². The second-order valence-electron chi connectivity index (χ2n) is 23.2. The summed E-state index contributed by atoms with van der Waals surface area (Å²) in [6, 6.07) is 0. The quantitative estimate of drug-likeness (QED) is 0.0258. The number of ketones is 2. The highest BCUT2D eigenvalue weighted by Crippen LogP contribution is 2.70. The molecular weight excluding hydrogens is 1000 g/mol. The van der Waals surface area contributed by atoms with Gasteiger partial charge in [0.1, 0.15) is 18.8 Å². The molecule has 4 rings (SSSR count). The lowest BCUT2D eigenvalue weighted by Crippen LogP contribution is -2.69. The predicted molar refractivity (Wildman–Crippen MR) is 310 cm³/mol. The molecule has 13 heteroatoms. The van der Waals surface area contributed by atoms with E-state index < -0.39 is 108 Å². The van der Waals surface area contributed by atoms with Crippen LogP contribution in [0.4, 0.5) is 4.39 Å². The van der Waals surface area contributed by atoms with E-state index in [1.54, 1.807) is 26.8 Å². The zero-order valence-corrected chi connectivity index (χ0v) is 48.4.